The van der Waals surface area contributed by atoms with Crippen molar-refractivity contribution in [3.05, 3.63) is 24.3 Å². The van der Waals surface area contributed by atoms with Gasteiger partial charge in [-0.25, -0.2) is 13.1 Å². The molecule has 19 heavy (non-hydrogen) atoms. The van der Waals surface area contributed by atoms with E-state index in [9.17, 15) is 8.42 Å². The maximum Gasteiger partial charge on any atom is 0.212 e. The van der Waals surface area contributed by atoms with Gasteiger partial charge in [0.25, 0.3) is 0 Å². The van der Waals surface area contributed by atoms with Crippen molar-refractivity contribution in [2.24, 2.45) is 0 Å². The van der Waals surface area contributed by atoms with E-state index in [1.165, 1.54) is 11.8 Å². The largest absolute Gasteiger partial charge is 0.398 e. The van der Waals surface area contributed by atoms with Crippen LogP contribution in [0.1, 0.15) is 6.92 Å². The first-order valence-electron chi connectivity index (χ1n) is 5.91. The summed E-state index contributed by atoms with van der Waals surface area (Å²) in [5.74, 6) is 1.37. The molecule has 0 fully saturated rings. The lowest BCUT2D eigenvalue weighted by atomic mass is 10.3. The van der Waals surface area contributed by atoms with Gasteiger partial charge < -0.3 is 5.73 Å². The summed E-state index contributed by atoms with van der Waals surface area (Å²) in [6.45, 7) is 1.87. The van der Waals surface area contributed by atoms with Crippen LogP contribution >= 0.6 is 23.5 Å². The Morgan fingerprint density at radius 1 is 1.37 bits per heavy atom. The Labute approximate surface area is 124 Å². The molecule has 0 heterocycles. The van der Waals surface area contributed by atoms with Crippen LogP contribution < -0.4 is 10.5 Å². The molecule has 1 unspecified atom stereocenters. The molecule has 0 aliphatic rings. The van der Waals surface area contributed by atoms with Gasteiger partial charge in [0.1, 0.15) is 0 Å². The van der Waals surface area contributed by atoms with Gasteiger partial charge in [-0.3, -0.25) is 0 Å². The average molecular weight is 321 g/mol. The van der Waals surface area contributed by atoms with Crippen LogP contribution in [0.15, 0.2) is 29.2 Å². The third-order valence-corrected chi connectivity index (χ3v) is 6.01. The summed E-state index contributed by atoms with van der Waals surface area (Å²) in [5, 5.41) is 0. The molecule has 4 nitrogen and oxygen atoms in total. The van der Waals surface area contributed by atoms with Crippen LogP contribution in [-0.4, -0.2) is 38.0 Å². The second kappa shape index (κ2) is 8.04. The molecule has 0 saturated carbocycles. The molecule has 7 heteroatoms. The van der Waals surface area contributed by atoms with Crippen molar-refractivity contribution in [2.45, 2.75) is 17.9 Å². The molecular weight excluding hydrogens is 300 g/mol. The standard InChI is InChI=1S/C12H20N2O2S3/c1-10(9-17-2)14-19(15,16)8-7-18-12-6-4-3-5-11(12)13/h3-6,10,14H,7-9,13H2,1-2H3. The predicted molar refractivity (Wildman–Crippen MR) is 86.3 cm³/mol. The Hall–Kier alpha value is -0.370. The van der Waals surface area contributed by atoms with Crippen molar-refractivity contribution in [3.8, 4) is 0 Å². The molecule has 1 rings (SSSR count). The number of anilines is 1. The molecule has 1 atom stereocenters. The predicted octanol–water partition coefficient (Wildman–Crippen LogP) is 2.03. The average Bonchev–Trinajstić information content (AvgIpc) is 2.31. The van der Waals surface area contributed by atoms with Crippen molar-refractivity contribution >= 4 is 39.2 Å². The third kappa shape index (κ3) is 6.56. The van der Waals surface area contributed by atoms with E-state index < -0.39 is 10.0 Å². The zero-order valence-corrected chi connectivity index (χ0v) is 13.6. The monoisotopic (exact) mass is 320 g/mol. The van der Waals surface area contributed by atoms with Crippen LogP contribution in [0.3, 0.4) is 0 Å². The van der Waals surface area contributed by atoms with Gasteiger partial charge >= 0.3 is 0 Å². The molecular formula is C12H20N2O2S3. The highest BCUT2D eigenvalue weighted by molar-refractivity contribution is 8.00. The Morgan fingerprint density at radius 2 is 2.05 bits per heavy atom. The quantitative estimate of drug-likeness (QED) is 0.566. The molecule has 0 aromatic heterocycles. The molecule has 0 aliphatic carbocycles. The first-order valence-corrected chi connectivity index (χ1v) is 9.94. The van der Waals surface area contributed by atoms with Crippen LogP contribution in [0, 0.1) is 0 Å². The van der Waals surface area contributed by atoms with Crippen molar-refractivity contribution < 1.29 is 8.42 Å². The fourth-order valence-corrected chi connectivity index (χ4v) is 4.87. The van der Waals surface area contributed by atoms with E-state index in [0.717, 1.165) is 10.6 Å². The summed E-state index contributed by atoms with van der Waals surface area (Å²) in [7, 11) is -3.21. The van der Waals surface area contributed by atoms with Crippen molar-refractivity contribution in [2.75, 3.05) is 29.2 Å². The molecule has 108 valence electrons. The van der Waals surface area contributed by atoms with Gasteiger partial charge in [0.2, 0.25) is 10.0 Å². The molecule has 0 spiro atoms. The van der Waals surface area contributed by atoms with Crippen LogP contribution in [0.5, 0.6) is 0 Å². The van der Waals surface area contributed by atoms with Crippen LogP contribution in [0.25, 0.3) is 0 Å². The summed E-state index contributed by atoms with van der Waals surface area (Å²) in [5.41, 5.74) is 6.49. The highest BCUT2D eigenvalue weighted by Gasteiger charge is 2.14. The van der Waals surface area contributed by atoms with E-state index >= 15 is 0 Å². The summed E-state index contributed by atoms with van der Waals surface area (Å²) in [6, 6.07) is 7.44. The molecule has 0 amide bonds. The molecule has 1 aromatic carbocycles. The number of nitrogens with two attached hydrogens (primary N) is 1. The first kappa shape index (κ1) is 16.7. The third-order valence-electron chi connectivity index (χ3n) is 2.33. The fourth-order valence-electron chi connectivity index (χ4n) is 1.52. The fraction of sp³-hybridized carbons (Fsp3) is 0.500. The van der Waals surface area contributed by atoms with Gasteiger partial charge in [-0.2, -0.15) is 11.8 Å². The summed E-state index contributed by atoms with van der Waals surface area (Å²) < 4.78 is 26.3. The number of nitrogen functional groups attached to an aromatic ring is 1. The lowest BCUT2D eigenvalue weighted by Gasteiger charge is -2.12. The van der Waals surface area contributed by atoms with Crippen molar-refractivity contribution in [1.29, 1.82) is 0 Å². The second-order valence-corrected chi connectivity index (χ2v) is 8.10. The number of thioether (sulfide) groups is 2. The normalized spacial score (nSPS) is 13.4. The van der Waals surface area contributed by atoms with Gasteiger partial charge in [0, 0.05) is 28.1 Å². The summed E-state index contributed by atoms with van der Waals surface area (Å²) >= 11 is 3.09. The molecule has 0 radical (unpaired) electrons. The van der Waals surface area contributed by atoms with Crippen molar-refractivity contribution in [3.63, 3.8) is 0 Å². The number of benzene rings is 1. The maximum atomic E-state index is 11.8. The van der Waals surface area contributed by atoms with Gasteiger partial charge in [-0.05, 0) is 25.3 Å². The van der Waals surface area contributed by atoms with Crippen LogP contribution in [0.4, 0.5) is 5.69 Å². The Bertz CT molecular complexity index is 492. The Morgan fingerprint density at radius 3 is 2.68 bits per heavy atom. The number of para-hydroxylation sites is 1. The van der Waals surface area contributed by atoms with Gasteiger partial charge in [0.05, 0.1) is 5.75 Å². The smallest absolute Gasteiger partial charge is 0.212 e. The maximum absolute atomic E-state index is 11.8. The topological polar surface area (TPSA) is 72.2 Å². The highest BCUT2D eigenvalue weighted by Crippen LogP contribution is 2.24. The number of hydrogen-bond donors (Lipinski definition) is 2. The van der Waals surface area contributed by atoms with E-state index in [0.29, 0.717) is 11.4 Å². The van der Waals surface area contributed by atoms with E-state index in [1.807, 2.05) is 37.4 Å². The van der Waals surface area contributed by atoms with Gasteiger partial charge in [0.15, 0.2) is 0 Å². The second-order valence-electron chi connectivity index (χ2n) is 4.18. The molecule has 0 bridgehead atoms. The SMILES string of the molecule is CSCC(C)NS(=O)(=O)CCSc1ccccc1N. The zero-order chi connectivity index (χ0) is 14.3. The number of hydrogen-bond acceptors (Lipinski definition) is 5. The minimum atomic E-state index is -3.21. The minimum absolute atomic E-state index is 0.0354. The van der Waals surface area contributed by atoms with E-state index in [2.05, 4.69) is 4.72 Å². The van der Waals surface area contributed by atoms with Crippen molar-refractivity contribution in [1.82, 2.24) is 4.72 Å². The molecule has 0 saturated heterocycles. The molecule has 0 aliphatic heterocycles. The number of nitrogens with one attached hydrogen (secondary N) is 1. The minimum Gasteiger partial charge on any atom is -0.398 e. The van der Waals surface area contributed by atoms with Gasteiger partial charge in [-0.1, -0.05) is 12.1 Å². The van der Waals surface area contributed by atoms with Gasteiger partial charge in [-0.15, -0.1) is 11.8 Å². The van der Waals surface area contributed by atoms with E-state index in [1.54, 1.807) is 11.8 Å². The summed E-state index contributed by atoms with van der Waals surface area (Å²) in [6.07, 6.45) is 1.96. The van der Waals surface area contributed by atoms with E-state index in [4.69, 9.17) is 5.73 Å². The lowest BCUT2D eigenvalue weighted by molar-refractivity contribution is 0.572. The Balaban J connectivity index is 2.42. The summed E-state index contributed by atoms with van der Waals surface area (Å²) in [4.78, 5) is 0.926. The molecule has 3 N–H and O–H groups in total. The van der Waals surface area contributed by atoms with Crippen LogP contribution in [0.2, 0.25) is 0 Å². The highest BCUT2D eigenvalue weighted by atomic mass is 32.2. The van der Waals surface area contributed by atoms with Crippen LogP contribution in [-0.2, 0) is 10.0 Å². The first-order chi connectivity index (χ1) is 8.94. The zero-order valence-electron chi connectivity index (χ0n) is 11.1. The van der Waals surface area contributed by atoms with E-state index in [-0.39, 0.29) is 11.8 Å². The number of sulfonamides is 1. The number of rotatable bonds is 8. The Kier molecular flexibility index (Phi) is 7.06. The lowest BCUT2D eigenvalue weighted by Crippen LogP contribution is -2.36. The molecule has 1 aromatic rings.